The lowest BCUT2D eigenvalue weighted by atomic mass is 10.0. The van der Waals surface area contributed by atoms with Crippen LogP contribution in [0.1, 0.15) is 15.9 Å². The van der Waals surface area contributed by atoms with E-state index in [0.29, 0.717) is 17.1 Å². The number of benzene rings is 3. The monoisotopic (exact) mass is 334 g/mol. The summed E-state index contributed by atoms with van der Waals surface area (Å²) < 4.78 is 10.4. The first-order chi connectivity index (χ1) is 12.2. The standard InChI is InChI=1S/C20H18N2O3/c1-24-18-11-10-14(12-19(18)25-2)13-21-22-20(23)17-9-5-7-15-6-3-4-8-16(15)17/h3-13H,1-2H3,(H,22,23)/b21-13+. The average Bonchev–Trinajstić information content (AvgIpc) is 2.67. The van der Waals surface area contributed by atoms with Crippen molar-refractivity contribution >= 4 is 22.9 Å². The summed E-state index contributed by atoms with van der Waals surface area (Å²) >= 11 is 0. The number of hydrogen-bond donors (Lipinski definition) is 1. The van der Waals surface area contributed by atoms with Crippen molar-refractivity contribution in [3.05, 3.63) is 71.8 Å². The molecule has 0 aliphatic heterocycles. The predicted octanol–water partition coefficient (Wildman–Crippen LogP) is 3.62. The maximum atomic E-state index is 12.4. The highest BCUT2D eigenvalue weighted by molar-refractivity contribution is 6.07. The van der Waals surface area contributed by atoms with Crippen LogP contribution in [0.4, 0.5) is 0 Å². The summed E-state index contributed by atoms with van der Waals surface area (Å²) in [5.74, 6) is 0.986. The fourth-order valence-corrected chi connectivity index (χ4v) is 2.58. The van der Waals surface area contributed by atoms with Crippen molar-refractivity contribution in [2.75, 3.05) is 14.2 Å². The molecule has 0 aliphatic rings. The zero-order valence-corrected chi connectivity index (χ0v) is 14.0. The molecule has 3 aromatic rings. The minimum absolute atomic E-state index is 0.256. The van der Waals surface area contributed by atoms with Crippen LogP contribution in [0.15, 0.2) is 65.8 Å². The van der Waals surface area contributed by atoms with Crippen molar-refractivity contribution in [1.29, 1.82) is 0 Å². The van der Waals surface area contributed by atoms with Crippen LogP contribution >= 0.6 is 0 Å². The minimum Gasteiger partial charge on any atom is -0.493 e. The molecule has 0 saturated carbocycles. The van der Waals surface area contributed by atoms with Crippen LogP contribution in [0, 0.1) is 0 Å². The second kappa shape index (κ2) is 7.49. The molecular weight excluding hydrogens is 316 g/mol. The van der Waals surface area contributed by atoms with E-state index in [1.807, 2.05) is 42.5 Å². The third-order valence-electron chi connectivity index (χ3n) is 3.82. The van der Waals surface area contributed by atoms with Gasteiger partial charge in [0.05, 0.1) is 20.4 Å². The summed E-state index contributed by atoms with van der Waals surface area (Å²) in [6.07, 6.45) is 1.56. The summed E-state index contributed by atoms with van der Waals surface area (Å²) in [5, 5.41) is 5.94. The molecule has 0 bridgehead atoms. The van der Waals surface area contributed by atoms with Crippen LogP contribution in [0.3, 0.4) is 0 Å². The Labute approximate surface area is 145 Å². The first-order valence-corrected chi connectivity index (χ1v) is 7.76. The molecule has 0 saturated heterocycles. The number of carbonyl (C=O) groups is 1. The fourth-order valence-electron chi connectivity index (χ4n) is 2.58. The van der Waals surface area contributed by atoms with Gasteiger partial charge < -0.3 is 9.47 Å². The molecule has 0 aliphatic carbocycles. The first kappa shape index (κ1) is 16.5. The molecule has 0 fully saturated rings. The maximum Gasteiger partial charge on any atom is 0.271 e. The molecule has 1 amide bonds. The van der Waals surface area contributed by atoms with Crippen molar-refractivity contribution < 1.29 is 14.3 Å². The summed E-state index contributed by atoms with van der Waals surface area (Å²) in [6.45, 7) is 0. The van der Waals surface area contributed by atoms with Gasteiger partial charge in [-0.1, -0.05) is 36.4 Å². The second-order valence-electron chi connectivity index (χ2n) is 5.34. The third kappa shape index (κ3) is 3.61. The number of methoxy groups -OCH3 is 2. The molecule has 0 heterocycles. The molecule has 126 valence electrons. The zero-order valence-electron chi connectivity index (χ0n) is 14.0. The van der Waals surface area contributed by atoms with Crippen LogP contribution in [0.25, 0.3) is 10.8 Å². The van der Waals surface area contributed by atoms with Gasteiger partial charge in [0.2, 0.25) is 0 Å². The second-order valence-corrected chi connectivity index (χ2v) is 5.34. The number of rotatable bonds is 5. The zero-order chi connectivity index (χ0) is 17.6. The van der Waals surface area contributed by atoms with Crippen LogP contribution in [-0.2, 0) is 0 Å². The van der Waals surface area contributed by atoms with Gasteiger partial charge in [-0.25, -0.2) is 5.43 Å². The van der Waals surface area contributed by atoms with Gasteiger partial charge in [0.1, 0.15) is 0 Å². The molecule has 1 N–H and O–H groups in total. The Morgan fingerprint density at radius 1 is 0.960 bits per heavy atom. The van der Waals surface area contributed by atoms with E-state index in [-0.39, 0.29) is 5.91 Å². The van der Waals surface area contributed by atoms with Crippen molar-refractivity contribution in [2.24, 2.45) is 5.10 Å². The van der Waals surface area contributed by atoms with Crippen LogP contribution < -0.4 is 14.9 Å². The van der Waals surface area contributed by atoms with Gasteiger partial charge in [-0.15, -0.1) is 0 Å². The molecule has 3 aromatic carbocycles. The Morgan fingerprint density at radius 3 is 2.52 bits per heavy atom. The highest BCUT2D eigenvalue weighted by Gasteiger charge is 2.08. The Balaban J connectivity index is 1.76. The van der Waals surface area contributed by atoms with Crippen molar-refractivity contribution in [1.82, 2.24) is 5.43 Å². The summed E-state index contributed by atoms with van der Waals surface area (Å²) in [7, 11) is 3.15. The van der Waals surface area contributed by atoms with Crippen molar-refractivity contribution in [3.63, 3.8) is 0 Å². The van der Waals surface area contributed by atoms with Gasteiger partial charge >= 0.3 is 0 Å². The highest BCUT2D eigenvalue weighted by atomic mass is 16.5. The van der Waals surface area contributed by atoms with E-state index < -0.39 is 0 Å². The number of fused-ring (bicyclic) bond motifs is 1. The number of amides is 1. The summed E-state index contributed by atoms with van der Waals surface area (Å²) in [5.41, 5.74) is 3.94. The topological polar surface area (TPSA) is 59.9 Å². The molecule has 5 nitrogen and oxygen atoms in total. The van der Waals surface area contributed by atoms with Crippen LogP contribution in [0.2, 0.25) is 0 Å². The Hall–Kier alpha value is -3.34. The average molecular weight is 334 g/mol. The highest BCUT2D eigenvalue weighted by Crippen LogP contribution is 2.26. The summed E-state index contributed by atoms with van der Waals surface area (Å²) in [4.78, 5) is 12.4. The van der Waals surface area contributed by atoms with Gasteiger partial charge in [-0.2, -0.15) is 5.10 Å². The van der Waals surface area contributed by atoms with Gasteiger partial charge in [0.15, 0.2) is 11.5 Å². The molecule has 0 aromatic heterocycles. The Kier molecular flexibility index (Phi) is 4.95. The smallest absolute Gasteiger partial charge is 0.271 e. The summed E-state index contributed by atoms with van der Waals surface area (Å²) in [6, 6.07) is 18.7. The number of hydrogen-bond acceptors (Lipinski definition) is 4. The van der Waals surface area contributed by atoms with E-state index in [4.69, 9.17) is 9.47 Å². The predicted molar refractivity (Wildman–Crippen MR) is 98.6 cm³/mol. The van der Waals surface area contributed by atoms with Crippen molar-refractivity contribution in [3.8, 4) is 11.5 Å². The SMILES string of the molecule is COc1ccc(/C=N/NC(=O)c2cccc3ccccc23)cc1OC. The Bertz CT molecular complexity index is 930. The molecule has 0 atom stereocenters. The number of carbonyl (C=O) groups excluding carboxylic acids is 1. The Morgan fingerprint density at radius 2 is 1.72 bits per heavy atom. The molecule has 3 rings (SSSR count). The lowest BCUT2D eigenvalue weighted by Gasteiger charge is -2.07. The first-order valence-electron chi connectivity index (χ1n) is 7.76. The van der Waals surface area contributed by atoms with E-state index in [1.54, 1.807) is 38.6 Å². The molecule has 25 heavy (non-hydrogen) atoms. The van der Waals surface area contributed by atoms with Gasteiger partial charge in [0, 0.05) is 5.56 Å². The minimum atomic E-state index is -0.256. The quantitative estimate of drug-likeness (QED) is 0.573. The largest absolute Gasteiger partial charge is 0.493 e. The number of nitrogens with one attached hydrogen (secondary N) is 1. The lowest BCUT2D eigenvalue weighted by molar-refractivity contribution is 0.0957. The molecule has 0 unspecified atom stereocenters. The van der Waals surface area contributed by atoms with E-state index in [9.17, 15) is 4.79 Å². The maximum absolute atomic E-state index is 12.4. The number of ether oxygens (including phenoxy) is 2. The van der Waals surface area contributed by atoms with E-state index >= 15 is 0 Å². The van der Waals surface area contributed by atoms with Gasteiger partial charge in [-0.05, 0) is 40.6 Å². The van der Waals surface area contributed by atoms with E-state index in [2.05, 4.69) is 10.5 Å². The van der Waals surface area contributed by atoms with Gasteiger partial charge in [0.25, 0.3) is 5.91 Å². The fraction of sp³-hybridized carbons (Fsp3) is 0.100. The van der Waals surface area contributed by atoms with E-state index in [1.165, 1.54) is 0 Å². The molecule has 5 heteroatoms. The number of nitrogens with zero attached hydrogens (tertiary/aromatic N) is 1. The van der Waals surface area contributed by atoms with Crippen LogP contribution in [0.5, 0.6) is 11.5 Å². The number of hydrazone groups is 1. The molecule has 0 radical (unpaired) electrons. The molecular formula is C20H18N2O3. The van der Waals surface area contributed by atoms with Crippen LogP contribution in [-0.4, -0.2) is 26.3 Å². The normalized spacial score (nSPS) is 10.8. The lowest BCUT2D eigenvalue weighted by Crippen LogP contribution is -2.17. The van der Waals surface area contributed by atoms with E-state index in [0.717, 1.165) is 16.3 Å². The molecule has 0 spiro atoms. The van der Waals surface area contributed by atoms with Gasteiger partial charge in [-0.3, -0.25) is 4.79 Å². The third-order valence-corrected chi connectivity index (χ3v) is 3.82. The van der Waals surface area contributed by atoms with Crippen molar-refractivity contribution in [2.45, 2.75) is 0 Å².